The number of aromatic nitrogens is 2. The van der Waals surface area contributed by atoms with Gasteiger partial charge in [-0.1, -0.05) is 23.2 Å². The largest absolute Gasteiger partial charge is 0.371 e. The smallest absolute Gasteiger partial charge is 0.150 e. The van der Waals surface area contributed by atoms with Crippen molar-refractivity contribution in [3.8, 4) is 0 Å². The fourth-order valence-electron chi connectivity index (χ4n) is 3.70. The summed E-state index contributed by atoms with van der Waals surface area (Å²) in [6.45, 7) is 2.53. The fraction of sp³-hybridized carbons (Fsp3) is 0.450. The zero-order valence-electron chi connectivity index (χ0n) is 16.8. The van der Waals surface area contributed by atoms with Gasteiger partial charge in [0.05, 0.1) is 39.2 Å². The minimum Gasteiger partial charge on any atom is -0.371 e. The molecule has 1 saturated heterocycles. The lowest BCUT2D eigenvalue weighted by atomic mass is 9.84. The van der Waals surface area contributed by atoms with E-state index in [1.807, 2.05) is 37.2 Å². The van der Waals surface area contributed by atoms with Crippen molar-refractivity contribution in [3.05, 3.63) is 40.0 Å². The highest BCUT2D eigenvalue weighted by atomic mass is 35.5. The number of likely N-dealkylation sites (tertiary alicyclic amines) is 1. The van der Waals surface area contributed by atoms with E-state index in [1.165, 1.54) is 0 Å². The second-order valence-corrected chi connectivity index (χ2v) is 8.70. The van der Waals surface area contributed by atoms with E-state index in [-0.39, 0.29) is 5.54 Å². The van der Waals surface area contributed by atoms with Crippen LogP contribution in [0.5, 0.6) is 0 Å². The van der Waals surface area contributed by atoms with Crippen LogP contribution in [-0.2, 0) is 6.54 Å². The van der Waals surface area contributed by atoms with E-state index in [0.717, 1.165) is 54.7 Å². The minimum absolute atomic E-state index is 0.256. The van der Waals surface area contributed by atoms with Crippen molar-refractivity contribution in [2.24, 2.45) is 4.99 Å². The summed E-state index contributed by atoms with van der Waals surface area (Å²) in [5, 5.41) is 16.8. The number of aliphatic imine (C=N–C) groups is 1. The summed E-state index contributed by atoms with van der Waals surface area (Å²) in [7, 11) is 6.04. The molecule has 1 aromatic carbocycles. The molecule has 2 aromatic rings. The summed E-state index contributed by atoms with van der Waals surface area (Å²) < 4.78 is 0. The second-order valence-electron chi connectivity index (χ2n) is 7.89. The van der Waals surface area contributed by atoms with Gasteiger partial charge in [-0.2, -0.15) is 5.10 Å². The molecule has 1 fully saturated rings. The molecule has 0 bridgehead atoms. The average molecular weight is 434 g/mol. The van der Waals surface area contributed by atoms with Crippen molar-refractivity contribution in [1.29, 1.82) is 0 Å². The molecule has 0 aliphatic carbocycles. The average Bonchev–Trinajstić information content (AvgIpc) is 2.70. The quantitative estimate of drug-likeness (QED) is 0.770. The monoisotopic (exact) mass is 433 g/mol. The maximum absolute atomic E-state index is 6.25. The van der Waals surface area contributed by atoms with E-state index in [1.54, 1.807) is 6.07 Å². The molecule has 1 aromatic heterocycles. The summed E-state index contributed by atoms with van der Waals surface area (Å²) in [4.78, 5) is 9.20. The Kier molecular flexibility index (Phi) is 5.55. The highest BCUT2D eigenvalue weighted by Crippen LogP contribution is 2.41. The van der Waals surface area contributed by atoms with E-state index in [2.05, 4.69) is 32.8 Å². The molecule has 0 unspecified atom stereocenters. The maximum Gasteiger partial charge on any atom is 0.150 e. The second kappa shape index (κ2) is 7.97. The van der Waals surface area contributed by atoms with Crippen LogP contribution in [0.15, 0.2) is 29.3 Å². The van der Waals surface area contributed by atoms with Crippen LogP contribution in [0.4, 0.5) is 17.2 Å². The van der Waals surface area contributed by atoms with Gasteiger partial charge in [0.15, 0.2) is 5.82 Å². The number of nitrogens with zero attached hydrogens (tertiary/aromatic N) is 5. The lowest BCUT2D eigenvalue weighted by molar-refractivity contribution is 0.238. The molecule has 2 N–H and O–H groups in total. The Morgan fingerprint density at radius 3 is 2.52 bits per heavy atom. The molecule has 0 radical (unpaired) electrons. The van der Waals surface area contributed by atoms with Crippen molar-refractivity contribution < 1.29 is 0 Å². The maximum atomic E-state index is 6.25. The lowest BCUT2D eigenvalue weighted by Gasteiger charge is -2.45. The number of halogens is 2. The first-order chi connectivity index (χ1) is 13.9. The Morgan fingerprint density at radius 2 is 1.86 bits per heavy atom. The van der Waals surface area contributed by atoms with Gasteiger partial charge in [0, 0.05) is 27.2 Å². The number of benzene rings is 1. The van der Waals surface area contributed by atoms with Gasteiger partial charge in [-0.3, -0.25) is 0 Å². The fourth-order valence-corrected chi connectivity index (χ4v) is 4.03. The molecule has 2 aliphatic rings. The van der Waals surface area contributed by atoms with Crippen molar-refractivity contribution in [2.45, 2.75) is 24.9 Å². The van der Waals surface area contributed by atoms with Crippen molar-refractivity contribution in [2.75, 3.05) is 44.4 Å². The van der Waals surface area contributed by atoms with Crippen LogP contribution in [-0.4, -0.2) is 60.7 Å². The normalized spacial score (nSPS) is 18.0. The van der Waals surface area contributed by atoms with E-state index in [0.29, 0.717) is 16.6 Å². The molecule has 0 atom stereocenters. The molecule has 9 heteroatoms. The van der Waals surface area contributed by atoms with Crippen LogP contribution in [0.3, 0.4) is 0 Å². The molecule has 1 spiro atoms. The predicted molar refractivity (Wildman–Crippen MR) is 120 cm³/mol. The number of anilines is 2. The first-order valence-corrected chi connectivity index (χ1v) is 10.4. The molecular formula is C20H25Cl2N7. The van der Waals surface area contributed by atoms with Gasteiger partial charge in [-0.25, -0.2) is 4.99 Å². The molecule has 29 heavy (non-hydrogen) atoms. The van der Waals surface area contributed by atoms with Gasteiger partial charge >= 0.3 is 0 Å². The predicted octanol–water partition coefficient (Wildman–Crippen LogP) is 3.56. The highest BCUT2D eigenvalue weighted by molar-refractivity contribution is 6.42. The molecule has 2 aliphatic heterocycles. The van der Waals surface area contributed by atoms with E-state index < -0.39 is 0 Å². The molecule has 0 amide bonds. The number of piperidine rings is 1. The third-order valence-electron chi connectivity index (χ3n) is 5.54. The van der Waals surface area contributed by atoms with Gasteiger partial charge < -0.3 is 20.4 Å². The molecule has 4 rings (SSSR count). The first-order valence-electron chi connectivity index (χ1n) is 9.65. The summed E-state index contributed by atoms with van der Waals surface area (Å²) in [6.07, 6.45) is 1.89. The topological polar surface area (TPSA) is 68.7 Å². The number of nitrogens with one attached hydrogen (secondary N) is 2. The Bertz CT molecular complexity index is 919. The van der Waals surface area contributed by atoms with Crippen LogP contribution >= 0.6 is 23.2 Å². The van der Waals surface area contributed by atoms with Crippen molar-refractivity contribution in [1.82, 2.24) is 20.4 Å². The zero-order valence-corrected chi connectivity index (χ0v) is 18.3. The van der Waals surface area contributed by atoms with Gasteiger partial charge in [0.1, 0.15) is 5.84 Å². The van der Waals surface area contributed by atoms with Gasteiger partial charge in [0.2, 0.25) is 0 Å². The third kappa shape index (κ3) is 4.13. The number of amidine groups is 1. The molecular weight excluding hydrogens is 409 g/mol. The van der Waals surface area contributed by atoms with Gasteiger partial charge in [0.25, 0.3) is 0 Å². The summed E-state index contributed by atoms with van der Waals surface area (Å²) in [6, 6.07) is 7.62. The Balaban J connectivity index is 1.61. The summed E-state index contributed by atoms with van der Waals surface area (Å²) in [5.41, 5.74) is 2.32. The van der Waals surface area contributed by atoms with E-state index in [4.69, 9.17) is 28.2 Å². The van der Waals surface area contributed by atoms with Crippen molar-refractivity contribution in [3.63, 3.8) is 0 Å². The van der Waals surface area contributed by atoms with Crippen molar-refractivity contribution >= 4 is 46.2 Å². The van der Waals surface area contributed by atoms with E-state index >= 15 is 0 Å². The zero-order chi connectivity index (χ0) is 20.6. The van der Waals surface area contributed by atoms with E-state index in [9.17, 15) is 0 Å². The van der Waals surface area contributed by atoms with Crippen LogP contribution in [0.1, 0.15) is 18.5 Å². The minimum atomic E-state index is -0.256. The van der Waals surface area contributed by atoms with Crippen LogP contribution in [0.2, 0.25) is 10.0 Å². The Morgan fingerprint density at radius 1 is 1.14 bits per heavy atom. The van der Waals surface area contributed by atoms with Gasteiger partial charge in [-0.05, 0) is 44.2 Å². The SMILES string of the molecule is CN1CCC2(CC1)Nc1cc(Cl)c(Cl)cc1N=C2NCc1ccc(N(C)C)nn1. The molecule has 0 saturated carbocycles. The molecule has 154 valence electrons. The lowest BCUT2D eigenvalue weighted by Crippen LogP contribution is -2.58. The molecule has 7 nitrogen and oxygen atoms in total. The van der Waals surface area contributed by atoms with Crippen LogP contribution < -0.4 is 15.5 Å². The van der Waals surface area contributed by atoms with Crippen LogP contribution in [0.25, 0.3) is 0 Å². The van der Waals surface area contributed by atoms with Crippen LogP contribution in [0, 0.1) is 0 Å². The molecule has 3 heterocycles. The number of hydrogen-bond donors (Lipinski definition) is 2. The summed E-state index contributed by atoms with van der Waals surface area (Å²) >= 11 is 12.5. The highest BCUT2D eigenvalue weighted by Gasteiger charge is 2.41. The first kappa shape index (κ1) is 20.2. The Labute approximate surface area is 181 Å². The summed E-state index contributed by atoms with van der Waals surface area (Å²) in [5.74, 6) is 1.74. The Hall–Kier alpha value is -2.09. The number of hydrogen-bond acceptors (Lipinski definition) is 7. The third-order valence-corrected chi connectivity index (χ3v) is 6.26. The standard InChI is InChI=1S/C20H25Cl2N7/c1-28(2)18-5-4-13(26-27-18)12-23-19-20(6-8-29(3)9-7-20)25-17-11-15(22)14(21)10-16(17)24-19/h4-5,10-11,25H,6-9,12H2,1-3H3,(H,23,24). The number of rotatable bonds is 3. The number of fused-ring (bicyclic) bond motifs is 1. The van der Waals surface area contributed by atoms with Gasteiger partial charge in [-0.15, -0.1) is 5.10 Å².